The molecule has 0 spiro atoms. The predicted octanol–water partition coefficient (Wildman–Crippen LogP) is 6.06. The third kappa shape index (κ3) is 6.26. The van der Waals surface area contributed by atoms with Crippen molar-refractivity contribution in [3.05, 3.63) is 167 Å². The summed E-state index contributed by atoms with van der Waals surface area (Å²) >= 11 is 0.164. The van der Waals surface area contributed by atoms with E-state index in [4.69, 9.17) is 9.47 Å². The summed E-state index contributed by atoms with van der Waals surface area (Å²) in [5.74, 6) is 0.462. The second-order valence-electron chi connectivity index (χ2n) is 10.8. The van der Waals surface area contributed by atoms with Gasteiger partial charge >= 0.3 is 256 Å². The third-order valence-corrected chi connectivity index (χ3v) is 10.1. The van der Waals surface area contributed by atoms with Crippen LogP contribution in [0.3, 0.4) is 0 Å². The van der Waals surface area contributed by atoms with Crippen LogP contribution in [0.2, 0.25) is 5.32 Å². The van der Waals surface area contributed by atoms with Gasteiger partial charge in [-0.05, 0) is 0 Å². The molecule has 0 amide bonds. The van der Waals surface area contributed by atoms with Crippen LogP contribution < -0.4 is 13.9 Å². The molecule has 1 aliphatic rings. The van der Waals surface area contributed by atoms with Crippen molar-refractivity contribution in [3.8, 4) is 17.2 Å². The number of para-hydroxylation sites is 1. The van der Waals surface area contributed by atoms with Crippen molar-refractivity contribution < 1.29 is 19.1 Å². The molecule has 7 rings (SSSR count). The predicted molar refractivity (Wildman–Crippen MR) is 177 cm³/mol. The molecule has 0 N–H and O–H groups in total. The summed E-state index contributed by atoms with van der Waals surface area (Å²) < 4.78 is 16.0. The monoisotopic (exact) mass is 671 g/mol. The zero-order chi connectivity index (χ0) is 31.3. The fourth-order valence-corrected chi connectivity index (χ4v) is 7.39. The standard InChI is InChI=1S/C38H29N3O4Se/c42-35(26-13-5-1-6-14-26)32-22-33(36(43)27-15-7-2-8-16-27)38-34(21-30(45-38)25-46-31-19-11-4-12-20-31)37(32)44-24-28-23-41(40-39-28)29-17-9-3-10-18-29/h1-20,22-23,30H,21,24-25H2. The third-order valence-electron chi connectivity index (χ3n) is 7.71. The van der Waals surface area contributed by atoms with Gasteiger partial charge in [0.15, 0.2) is 0 Å². The Morgan fingerprint density at radius 2 is 1.37 bits per heavy atom. The Morgan fingerprint density at radius 3 is 2.02 bits per heavy atom. The number of ketones is 2. The molecule has 1 unspecified atom stereocenters. The molecule has 2 heterocycles. The first-order valence-electron chi connectivity index (χ1n) is 15.0. The van der Waals surface area contributed by atoms with E-state index in [1.54, 1.807) is 35.0 Å². The fourth-order valence-electron chi connectivity index (χ4n) is 5.47. The van der Waals surface area contributed by atoms with Gasteiger partial charge in [-0.3, -0.25) is 0 Å². The Balaban J connectivity index is 1.28. The van der Waals surface area contributed by atoms with Crippen LogP contribution in [0.4, 0.5) is 0 Å². The number of hydrogen-bond donors (Lipinski definition) is 0. The van der Waals surface area contributed by atoms with Crippen molar-refractivity contribution in [2.24, 2.45) is 0 Å². The van der Waals surface area contributed by atoms with Crippen LogP contribution >= 0.6 is 0 Å². The molecule has 46 heavy (non-hydrogen) atoms. The number of ether oxygens (including phenoxy) is 2. The molecule has 1 atom stereocenters. The molecular weight excluding hydrogens is 641 g/mol. The first kappa shape index (κ1) is 29.4. The van der Waals surface area contributed by atoms with E-state index < -0.39 is 0 Å². The molecular formula is C38H29N3O4Se. The van der Waals surface area contributed by atoms with Crippen LogP contribution in [0.25, 0.3) is 5.69 Å². The Kier molecular flexibility index (Phi) is 8.55. The van der Waals surface area contributed by atoms with Gasteiger partial charge in [0.25, 0.3) is 0 Å². The number of fused-ring (bicyclic) bond motifs is 1. The topological polar surface area (TPSA) is 83.3 Å². The van der Waals surface area contributed by atoms with Crippen molar-refractivity contribution in [1.29, 1.82) is 0 Å². The molecule has 7 nitrogen and oxygen atoms in total. The quantitative estimate of drug-likeness (QED) is 0.123. The van der Waals surface area contributed by atoms with E-state index in [1.807, 2.05) is 91.1 Å². The Labute approximate surface area is 273 Å². The average molecular weight is 671 g/mol. The number of carbonyl (C=O) groups excluding carboxylic acids is 2. The summed E-state index contributed by atoms with van der Waals surface area (Å²) in [6, 6.07) is 39.8. The average Bonchev–Trinajstić information content (AvgIpc) is 3.78. The molecule has 226 valence electrons. The van der Waals surface area contributed by atoms with Gasteiger partial charge in [-0.2, -0.15) is 0 Å². The van der Waals surface area contributed by atoms with Gasteiger partial charge < -0.3 is 0 Å². The van der Waals surface area contributed by atoms with Crippen molar-refractivity contribution in [2.45, 2.75) is 24.5 Å². The second kappa shape index (κ2) is 13.4. The molecule has 0 saturated carbocycles. The summed E-state index contributed by atoms with van der Waals surface area (Å²) in [6.45, 7) is 0.0823. The van der Waals surface area contributed by atoms with E-state index in [0.717, 1.165) is 16.6 Å². The van der Waals surface area contributed by atoms with E-state index >= 15 is 0 Å². The first-order chi connectivity index (χ1) is 22.6. The van der Waals surface area contributed by atoms with Gasteiger partial charge in [0.1, 0.15) is 0 Å². The molecule has 6 aromatic rings. The summed E-state index contributed by atoms with van der Waals surface area (Å²) in [4.78, 5) is 28.1. The fraction of sp³-hybridized carbons (Fsp3) is 0.105. The van der Waals surface area contributed by atoms with Crippen LogP contribution in [0.15, 0.2) is 134 Å². The van der Waals surface area contributed by atoms with E-state index in [0.29, 0.717) is 45.9 Å². The van der Waals surface area contributed by atoms with Crippen LogP contribution in [0.1, 0.15) is 43.1 Å². The summed E-state index contributed by atoms with van der Waals surface area (Å²) in [5.41, 5.74) is 3.91. The minimum absolute atomic E-state index is 0.0823. The van der Waals surface area contributed by atoms with Gasteiger partial charge in [0.05, 0.1) is 0 Å². The first-order valence-corrected chi connectivity index (χ1v) is 17.0. The van der Waals surface area contributed by atoms with E-state index in [-0.39, 0.29) is 39.2 Å². The summed E-state index contributed by atoms with van der Waals surface area (Å²) in [5, 5.41) is 9.39. The van der Waals surface area contributed by atoms with Crippen LogP contribution in [0, 0.1) is 0 Å². The Hall–Kier alpha value is -5.30. The van der Waals surface area contributed by atoms with E-state index in [9.17, 15) is 9.59 Å². The van der Waals surface area contributed by atoms with Crippen LogP contribution in [-0.2, 0) is 13.0 Å². The number of nitrogens with zero attached hydrogens (tertiary/aromatic N) is 3. The molecule has 5 aromatic carbocycles. The molecule has 0 saturated heterocycles. The minimum atomic E-state index is -0.231. The Morgan fingerprint density at radius 1 is 0.783 bits per heavy atom. The molecule has 0 fully saturated rings. The number of aromatic nitrogens is 3. The summed E-state index contributed by atoms with van der Waals surface area (Å²) in [6.07, 6.45) is 2.16. The van der Waals surface area contributed by atoms with Gasteiger partial charge in [-0.1, -0.05) is 18.2 Å². The van der Waals surface area contributed by atoms with Gasteiger partial charge in [0, 0.05) is 0 Å². The van der Waals surface area contributed by atoms with Gasteiger partial charge in [-0.15, -0.1) is 0 Å². The molecule has 1 aliphatic heterocycles. The molecule has 8 heteroatoms. The number of carbonyl (C=O) groups is 2. The molecule has 0 aliphatic carbocycles. The van der Waals surface area contributed by atoms with Crippen molar-refractivity contribution in [2.75, 3.05) is 0 Å². The maximum absolute atomic E-state index is 14.1. The summed E-state index contributed by atoms with van der Waals surface area (Å²) in [7, 11) is 0. The van der Waals surface area contributed by atoms with Crippen molar-refractivity contribution in [3.63, 3.8) is 0 Å². The Bertz CT molecular complexity index is 1980. The van der Waals surface area contributed by atoms with Gasteiger partial charge in [-0.25, -0.2) is 0 Å². The van der Waals surface area contributed by atoms with Crippen LogP contribution in [0.5, 0.6) is 11.5 Å². The zero-order valence-electron chi connectivity index (χ0n) is 24.8. The van der Waals surface area contributed by atoms with Crippen LogP contribution in [-0.4, -0.2) is 47.6 Å². The zero-order valence-corrected chi connectivity index (χ0v) is 26.5. The van der Waals surface area contributed by atoms with Gasteiger partial charge in [0.2, 0.25) is 0 Å². The van der Waals surface area contributed by atoms with E-state index in [2.05, 4.69) is 22.4 Å². The number of rotatable bonds is 11. The SMILES string of the molecule is O=C(c1ccccc1)c1cc(C(=O)c2ccccc2)c2c(c1OCc1cn(-c3ccccc3)nn1)CC(C[Se]c1ccccc1)O2. The van der Waals surface area contributed by atoms with Crippen molar-refractivity contribution in [1.82, 2.24) is 15.0 Å². The second-order valence-corrected chi connectivity index (χ2v) is 13.1. The molecule has 0 bridgehead atoms. The number of hydrogen-bond acceptors (Lipinski definition) is 6. The molecule has 1 aromatic heterocycles. The normalized spacial score (nSPS) is 13.5. The molecule has 0 radical (unpaired) electrons. The maximum atomic E-state index is 14.1. The van der Waals surface area contributed by atoms with Crippen molar-refractivity contribution >= 4 is 31.0 Å². The van der Waals surface area contributed by atoms with E-state index in [1.165, 1.54) is 4.46 Å². The number of benzene rings is 5.